The third-order valence-electron chi connectivity index (χ3n) is 8.51. The van der Waals surface area contributed by atoms with E-state index < -0.39 is 18.1 Å². The van der Waals surface area contributed by atoms with Crippen LogP contribution in [0.1, 0.15) is 33.6 Å². The third kappa shape index (κ3) is 7.92. The second-order valence-corrected chi connectivity index (χ2v) is 13.1. The standard InChI is InChI=1S/C34H42N6O7S/c1-21(20-48-23(3)41)32(43)40-13-9-12-27(40)31(42)36-30-25-18-28(45-4)29(46-5)19-26(25)35-34(37-30)39-16-14-38(15-17-39)33(44)22(2)47-24-10-7-6-8-11-24/h6-8,10-11,18-19,21-22,27H,9,12-17,20H2,1-5H3,(H,35,36,37,42). The highest BCUT2D eigenvalue weighted by atomic mass is 32.2. The summed E-state index contributed by atoms with van der Waals surface area (Å²) in [6, 6.07) is 12.0. The van der Waals surface area contributed by atoms with Crippen molar-refractivity contribution in [2.45, 2.75) is 45.8 Å². The molecule has 3 amide bonds. The molecule has 3 heterocycles. The van der Waals surface area contributed by atoms with Crippen LogP contribution in [0.3, 0.4) is 0 Å². The number of amides is 3. The van der Waals surface area contributed by atoms with Gasteiger partial charge in [0.2, 0.25) is 17.8 Å². The number of carbonyl (C=O) groups is 4. The van der Waals surface area contributed by atoms with Crippen molar-refractivity contribution in [1.82, 2.24) is 19.8 Å². The maximum Gasteiger partial charge on any atom is 0.263 e. The molecule has 0 aliphatic carbocycles. The number of thioether (sulfide) groups is 1. The Morgan fingerprint density at radius 3 is 2.29 bits per heavy atom. The van der Waals surface area contributed by atoms with Crippen LogP contribution >= 0.6 is 11.8 Å². The van der Waals surface area contributed by atoms with E-state index in [0.29, 0.717) is 85.4 Å². The minimum Gasteiger partial charge on any atom is -0.493 e. The average Bonchev–Trinajstić information content (AvgIpc) is 3.60. The van der Waals surface area contributed by atoms with Gasteiger partial charge in [-0.15, -0.1) is 0 Å². The highest BCUT2D eigenvalue weighted by molar-refractivity contribution is 8.13. The Morgan fingerprint density at radius 2 is 1.62 bits per heavy atom. The van der Waals surface area contributed by atoms with E-state index >= 15 is 0 Å². The molecule has 13 nitrogen and oxygen atoms in total. The Hall–Kier alpha value is -4.59. The number of likely N-dealkylation sites (tertiary alicyclic amines) is 1. The number of ether oxygens (including phenoxy) is 3. The number of anilines is 2. The lowest BCUT2D eigenvalue weighted by atomic mass is 10.1. The molecule has 48 heavy (non-hydrogen) atoms. The number of fused-ring (bicyclic) bond motifs is 1. The van der Waals surface area contributed by atoms with Gasteiger partial charge in [-0.2, -0.15) is 4.98 Å². The predicted octanol–water partition coefficient (Wildman–Crippen LogP) is 3.61. The number of carbonyl (C=O) groups excluding carboxylic acids is 4. The molecule has 3 aromatic rings. The molecule has 256 valence electrons. The van der Waals surface area contributed by atoms with E-state index in [2.05, 4.69) is 5.32 Å². The fourth-order valence-electron chi connectivity index (χ4n) is 5.92. The zero-order valence-electron chi connectivity index (χ0n) is 27.9. The zero-order chi connectivity index (χ0) is 34.4. The number of hydrogen-bond acceptors (Lipinski definition) is 11. The van der Waals surface area contributed by atoms with Crippen molar-refractivity contribution in [3.63, 3.8) is 0 Å². The molecule has 2 fully saturated rings. The van der Waals surface area contributed by atoms with Crippen molar-refractivity contribution >= 4 is 57.3 Å². The molecule has 2 saturated heterocycles. The number of piperazine rings is 1. The van der Waals surface area contributed by atoms with Crippen LogP contribution in [0.5, 0.6) is 17.2 Å². The number of nitrogens with zero attached hydrogens (tertiary/aromatic N) is 5. The van der Waals surface area contributed by atoms with Crippen molar-refractivity contribution in [1.29, 1.82) is 0 Å². The number of nitrogens with one attached hydrogen (secondary N) is 1. The molecule has 14 heteroatoms. The lowest BCUT2D eigenvalue weighted by Crippen LogP contribution is -2.52. The van der Waals surface area contributed by atoms with Gasteiger partial charge >= 0.3 is 0 Å². The van der Waals surface area contributed by atoms with Gasteiger partial charge < -0.3 is 34.2 Å². The molecule has 2 aliphatic rings. The number of methoxy groups -OCH3 is 2. The van der Waals surface area contributed by atoms with Gasteiger partial charge in [0.25, 0.3) is 5.91 Å². The Morgan fingerprint density at radius 1 is 0.938 bits per heavy atom. The summed E-state index contributed by atoms with van der Waals surface area (Å²) in [5.41, 5.74) is 0.533. The Balaban J connectivity index is 1.35. The molecule has 1 N–H and O–H groups in total. The number of benzene rings is 2. The van der Waals surface area contributed by atoms with Crippen molar-refractivity contribution in [2.24, 2.45) is 5.92 Å². The van der Waals surface area contributed by atoms with Crippen molar-refractivity contribution in [3.05, 3.63) is 42.5 Å². The van der Waals surface area contributed by atoms with Gasteiger partial charge in [-0.1, -0.05) is 36.9 Å². The fourth-order valence-corrected chi connectivity index (χ4v) is 6.54. The first-order valence-corrected chi connectivity index (χ1v) is 17.0. The molecular weight excluding hydrogens is 636 g/mol. The SMILES string of the molecule is COc1cc2nc(N3CCN(C(=O)C(C)Oc4ccccc4)CC3)nc(NC(=O)C3CCCN3C(=O)C(C)CSC(C)=O)c2cc1OC. The quantitative estimate of drug-likeness (QED) is 0.318. The van der Waals surface area contributed by atoms with E-state index in [1.807, 2.05) is 35.2 Å². The van der Waals surface area contributed by atoms with Gasteiger partial charge in [0.05, 0.1) is 19.7 Å². The van der Waals surface area contributed by atoms with Gasteiger partial charge in [-0.05, 0) is 38.0 Å². The van der Waals surface area contributed by atoms with Crippen molar-refractivity contribution in [3.8, 4) is 17.2 Å². The summed E-state index contributed by atoms with van der Waals surface area (Å²) in [4.78, 5) is 66.7. The highest BCUT2D eigenvalue weighted by Crippen LogP contribution is 2.35. The molecule has 3 unspecified atom stereocenters. The van der Waals surface area contributed by atoms with Crippen LogP contribution in [0, 0.1) is 5.92 Å². The maximum absolute atomic E-state index is 13.8. The second-order valence-electron chi connectivity index (χ2n) is 11.9. The van der Waals surface area contributed by atoms with Gasteiger partial charge in [0.1, 0.15) is 17.6 Å². The van der Waals surface area contributed by atoms with E-state index in [-0.39, 0.29) is 28.7 Å². The van der Waals surface area contributed by atoms with Gasteiger partial charge in [0.15, 0.2) is 22.7 Å². The van der Waals surface area contributed by atoms with Crippen LogP contribution in [0.15, 0.2) is 42.5 Å². The lowest BCUT2D eigenvalue weighted by Gasteiger charge is -2.36. The summed E-state index contributed by atoms with van der Waals surface area (Å²) in [6.45, 7) is 7.28. The minimum atomic E-state index is -0.675. The molecule has 0 bridgehead atoms. The molecule has 0 radical (unpaired) electrons. The Kier molecular flexibility index (Phi) is 11.2. The van der Waals surface area contributed by atoms with E-state index in [0.717, 1.165) is 11.8 Å². The maximum atomic E-state index is 13.8. The Bertz CT molecular complexity index is 1650. The molecule has 2 aromatic carbocycles. The second kappa shape index (κ2) is 15.5. The molecular formula is C34H42N6O7S. The average molecular weight is 679 g/mol. The Labute approximate surface area is 284 Å². The number of para-hydroxylation sites is 1. The van der Waals surface area contributed by atoms with Crippen molar-refractivity contribution < 1.29 is 33.4 Å². The summed E-state index contributed by atoms with van der Waals surface area (Å²) in [5.74, 6) is 1.57. The van der Waals surface area contributed by atoms with E-state index in [9.17, 15) is 19.2 Å². The molecule has 3 atom stereocenters. The van der Waals surface area contributed by atoms with E-state index in [4.69, 9.17) is 24.2 Å². The summed E-state index contributed by atoms with van der Waals surface area (Å²) in [5, 5.41) is 3.48. The molecule has 0 saturated carbocycles. The number of aromatic nitrogens is 2. The minimum absolute atomic E-state index is 0.0523. The first kappa shape index (κ1) is 34.7. The van der Waals surface area contributed by atoms with E-state index in [1.54, 1.807) is 35.8 Å². The van der Waals surface area contributed by atoms with Crippen LogP contribution in [0.2, 0.25) is 0 Å². The smallest absolute Gasteiger partial charge is 0.263 e. The third-order valence-corrected chi connectivity index (χ3v) is 9.58. The molecule has 1 aromatic heterocycles. The summed E-state index contributed by atoms with van der Waals surface area (Å²) >= 11 is 1.11. The highest BCUT2D eigenvalue weighted by Gasteiger charge is 2.37. The summed E-state index contributed by atoms with van der Waals surface area (Å²) < 4.78 is 16.9. The number of hydrogen-bond donors (Lipinski definition) is 1. The molecule has 5 rings (SSSR count). The van der Waals surface area contributed by atoms with Crippen LogP contribution < -0.4 is 24.4 Å². The van der Waals surface area contributed by atoms with Gasteiger partial charge in [-0.3, -0.25) is 19.2 Å². The van der Waals surface area contributed by atoms with Gasteiger partial charge in [-0.25, -0.2) is 4.98 Å². The fraction of sp³-hybridized carbons (Fsp3) is 0.471. The van der Waals surface area contributed by atoms with Crippen LogP contribution in [-0.2, 0) is 19.2 Å². The predicted molar refractivity (Wildman–Crippen MR) is 184 cm³/mol. The largest absolute Gasteiger partial charge is 0.493 e. The first-order chi connectivity index (χ1) is 23.1. The monoisotopic (exact) mass is 678 g/mol. The summed E-state index contributed by atoms with van der Waals surface area (Å²) in [7, 11) is 3.06. The van der Waals surface area contributed by atoms with Gasteiger partial charge in [0, 0.05) is 62.8 Å². The van der Waals surface area contributed by atoms with Crippen LogP contribution in [-0.4, -0.2) is 107 Å². The lowest BCUT2D eigenvalue weighted by molar-refractivity contribution is -0.139. The zero-order valence-corrected chi connectivity index (χ0v) is 28.7. The first-order valence-electron chi connectivity index (χ1n) is 16.0. The molecule has 2 aliphatic heterocycles. The topological polar surface area (TPSA) is 144 Å². The number of rotatable bonds is 11. The van der Waals surface area contributed by atoms with Crippen LogP contribution in [0.25, 0.3) is 10.9 Å². The van der Waals surface area contributed by atoms with Crippen molar-refractivity contribution in [2.75, 3.05) is 62.9 Å². The van der Waals surface area contributed by atoms with Crippen LogP contribution in [0.4, 0.5) is 11.8 Å². The molecule has 0 spiro atoms. The van der Waals surface area contributed by atoms with E-state index in [1.165, 1.54) is 21.1 Å². The summed E-state index contributed by atoms with van der Waals surface area (Å²) in [6.07, 6.45) is 0.562. The normalized spacial score (nSPS) is 17.5.